The molecule has 0 aliphatic rings. The van der Waals surface area contributed by atoms with Crippen molar-refractivity contribution in [2.45, 2.75) is 23.3 Å². The van der Waals surface area contributed by atoms with Crippen molar-refractivity contribution in [3.63, 3.8) is 0 Å². The maximum atomic E-state index is 13.6. The second kappa shape index (κ2) is 13.0. The summed E-state index contributed by atoms with van der Waals surface area (Å²) in [7, 11) is 0. The summed E-state index contributed by atoms with van der Waals surface area (Å²) in [5.74, 6) is 0.253. The normalized spacial score (nSPS) is 10.5. The molecule has 0 spiro atoms. The number of nitrogens with zero attached hydrogens (tertiary/aromatic N) is 1. The van der Waals surface area contributed by atoms with Crippen molar-refractivity contribution in [2.24, 2.45) is 0 Å². The van der Waals surface area contributed by atoms with Gasteiger partial charge in [-0.3, -0.25) is 9.59 Å². The van der Waals surface area contributed by atoms with Gasteiger partial charge in [0.05, 0.1) is 23.5 Å². The van der Waals surface area contributed by atoms with Crippen LogP contribution in [0.4, 0.5) is 0 Å². The lowest BCUT2D eigenvalue weighted by atomic mass is 10.0. The van der Waals surface area contributed by atoms with Gasteiger partial charge in [0.1, 0.15) is 4.21 Å². The number of carbonyl (C=O) groups is 2. The van der Waals surface area contributed by atoms with E-state index in [0.29, 0.717) is 21.0 Å². The van der Waals surface area contributed by atoms with E-state index < -0.39 is 0 Å². The molecule has 0 saturated carbocycles. The van der Waals surface area contributed by atoms with Gasteiger partial charge >= 0.3 is 5.97 Å². The number of benzene rings is 2. The van der Waals surface area contributed by atoms with Crippen molar-refractivity contribution >= 4 is 46.5 Å². The fraction of sp³-hybridized carbons (Fsp3) is 0.148. The first kappa shape index (κ1) is 27.1. The van der Waals surface area contributed by atoms with Gasteiger partial charge in [-0.2, -0.15) is 4.57 Å². The van der Waals surface area contributed by atoms with E-state index in [1.165, 1.54) is 16.9 Å². The Balaban J connectivity index is 0.00000342. The number of hydrogen-bond donors (Lipinski definition) is 0. The molecule has 0 saturated heterocycles. The van der Waals surface area contributed by atoms with E-state index in [2.05, 4.69) is 12.1 Å². The first-order valence-corrected chi connectivity index (χ1v) is 13.0. The second-order valence-corrected chi connectivity index (χ2v) is 10.1. The Morgan fingerprint density at radius 1 is 0.971 bits per heavy atom. The topological polar surface area (TPSA) is 47.3 Å². The first-order chi connectivity index (χ1) is 16.6. The molecule has 0 fully saturated rings. The Labute approximate surface area is 228 Å². The number of aromatic nitrogens is 1. The van der Waals surface area contributed by atoms with Crippen LogP contribution in [-0.4, -0.2) is 18.4 Å². The lowest BCUT2D eigenvalue weighted by Crippen LogP contribution is -3.00. The van der Waals surface area contributed by atoms with E-state index in [9.17, 15) is 9.59 Å². The Kier molecular flexibility index (Phi) is 10.1. The van der Waals surface area contributed by atoms with Crippen LogP contribution >= 0.6 is 34.7 Å². The zero-order chi connectivity index (χ0) is 23.9. The SMILES string of the molecule is CCOC(=O)Cc1c(C(=O)c2ccc(Cl)cc2)sc(SCc2ccccc2)c1-[n+]1ccccc1.[Br-]. The summed E-state index contributed by atoms with van der Waals surface area (Å²) in [5, 5.41) is 0.564. The van der Waals surface area contributed by atoms with Crippen molar-refractivity contribution in [1.29, 1.82) is 0 Å². The largest absolute Gasteiger partial charge is 1.00 e. The van der Waals surface area contributed by atoms with Crippen LogP contribution < -0.4 is 21.5 Å². The summed E-state index contributed by atoms with van der Waals surface area (Å²) in [4.78, 5) is 26.7. The van der Waals surface area contributed by atoms with Crippen LogP contribution in [0, 0.1) is 0 Å². The van der Waals surface area contributed by atoms with Crippen LogP contribution in [0.25, 0.3) is 5.69 Å². The number of thiophene rings is 1. The van der Waals surface area contributed by atoms with Crippen LogP contribution in [0.2, 0.25) is 5.02 Å². The Morgan fingerprint density at radius 3 is 2.29 bits per heavy atom. The summed E-state index contributed by atoms with van der Waals surface area (Å²) in [5.41, 5.74) is 3.23. The van der Waals surface area contributed by atoms with Crippen molar-refractivity contribution in [3.8, 4) is 5.69 Å². The van der Waals surface area contributed by atoms with Gasteiger partial charge in [-0.15, -0.1) is 23.1 Å². The van der Waals surface area contributed by atoms with E-state index >= 15 is 0 Å². The van der Waals surface area contributed by atoms with E-state index in [-0.39, 0.29) is 41.8 Å². The molecule has 4 aromatic rings. The zero-order valence-electron chi connectivity index (χ0n) is 18.9. The number of carbonyl (C=O) groups excluding carboxylic acids is 2. The van der Waals surface area contributed by atoms with Crippen molar-refractivity contribution < 1.29 is 35.9 Å². The number of ketones is 1. The average Bonchev–Trinajstić information content (AvgIpc) is 3.22. The Morgan fingerprint density at radius 2 is 1.63 bits per heavy atom. The van der Waals surface area contributed by atoms with Gasteiger partial charge in [0.15, 0.2) is 12.4 Å². The minimum atomic E-state index is -0.358. The molecule has 0 bridgehead atoms. The molecule has 8 heteroatoms. The highest BCUT2D eigenvalue weighted by Gasteiger charge is 2.31. The second-order valence-electron chi connectivity index (χ2n) is 7.42. The molecular formula is C27H23BrClNO3S2. The van der Waals surface area contributed by atoms with Gasteiger partial charge in [-0.1, -0.05) is 48.0 Å². The average molecular weight is 589 g/mol. The van der Waals surface area contributed by atoms with Crippen molar-refractivity contribution in [3.05, 3.63) is 112 Å². The molecule has 0 amide bonds. The predicted molar refractivity (Wildman–Crippen MR) is 137 cm³/mol. The number of halogens is 2. The molecule has 0 atom stereocenters. The molecule has 0 aliphatic carbocycles. The summed E-state index contributed by atoms with van der Waals surface area (Å²) < 4.78 is 8.19. The van der Waals surface area contributed by atoms with Gasteiger partial charge < -0.3 is 21.7 Å². The van der Waals surface area contributed by atoms with Crippen LogP contribution in [0.5, 0.6) is 0 Å². The third kappa shape index (κ3) is 6.82. The highest BCUT2D eigenvalue weighted by Crippen LogP contribution is 2.39. The molecule has 2 aromatic carbocycles. The smallest absolute Gasteiger partial charge is 0.310 e. The van der Waals surface area contributed by atoms with Gasteiger partial charge in [0.2, 0.25) is 11.5 Å². The zero-order valence-corrected chi connectivity index (χ0v) is 22.9. The minimum absolute atomic E-state index is 0. The summed E-state index contributed by atoms with van der Waals surface area (Å²) in [6.45, 7) is 2.06. The van der Waals surface area contributed by atoms with Crippen LogP contribution in [0.15, 0.2) is 89.4 Å². The Hall–Kier alpha value is -2.45. The van der Waals surface area contributed by atoms with Gasteiger partial charge in [0, 0.05) is 28.5 Å². The lowest BCUT2D eigenvalue weighted by molar-refractivity contribution is -0.598. The van der Waals surface area contributed by atoms with E-state index in [1.807, 2.05) is 53.4 Å². The fourth-order valence-electron chi connectivity index (χ4n) is 3.50. The van der Waals surface area contributed by atoms with Gasteiger partial charge in [0.25, 0.3) is 0 Å². The van der Waals surface area contributed by atoms with Crippen molar-refractivity contribution in [2.75, 3.05) is 6.61 Å². The maximum Gasteiger partial charge on any atom is 0.310 e. The third-order valence-corrected chi connectivity index (χ3v) is 7.88. The first-order valence-electron chi connectivity index (χ1n) is 10.8. The molecule has 35 heavy (non-hydrogen) atoms. The number of rotatable bonds is 9. The molecule has 0 N–H and O–H groups in total. The van der Waals surface area contributed by atoms with Crippen LogP contribution in [0.3, 0.4) is 0 Å². The van der Waals surface area contributed by atoms with E-state index in [0.717, 1.165) is 15.6 Å². The number of esters is 1. The molecule has 180 valence electrons. The molecule has 2 heterocycles. The monoisotopic (exact) mass is 587 g/mol. The number of thioether (sulfide) groups is 1. The van der Waals surface area contributed by atoms with Crippen LogP contribution in [-0.2, 0) is 21.7 Å². The maximum absolute atomic E-state index is 13.6. The quantitative estimate of drug-likeness (QED) is 0.130. The summed E-state index contributed by atoms with van der Waals surface area (Å²) in [6, 6.07) is 22.8. The number of hydrogen-bond acceptors (Lipinski definition) is 5. The third-order valence-electron chi connectivity index (χ3n) is 5.07. The minimum Gasteiger partial charge on any atom is -1.00 e. The highest BCUT2D eigenvalue weighted by atomic mass is 79.9. The lowest BCUT2D eigenvalue weighted by Gasteiger charge is -2.06. The molecule has 4 nitrogen and oxygen atoms in total. The molecule has 2 aromatic heterocycles. The predicted octanol–water partition coefficient (Wildman–Crippen LogP) is 3.31. The standard InChI is InChI=1S/C27H23ClNO3S2.BrH/c1-2-32-23(30)17-22-24(29-15-7-4-8-16-29)27(33-18-19-9-5-3-6-10-19)34-26(22)25(31)20-11-13-21(28)14-12-20;/h3-16H,2,17-18H2,1H3;1H/q+1;/p-1. The number of ether oxygens (including phenoxy) is 1. The fourth-order valence-corrected chi connectivity index (χ4v) is 6.16. The number of pyridine rings is 1. The molecule has 0 unspecified atom stereocenters. The van der Waals surface area contributed by atoms with Crippen LogP contribution in [0.1, 0.15) is 33.3 Å². The molecule has 0 aliphatic heterocycles. The molecule has 4 rings (SSSR count). The molecule has 0 radical (unpaired) electrons. The summed E-state index contributed by atoms with van der Waals surface area (Å²) in [6.07, 6.45) is 3.88. The van der Waals surface area contributed by atoms with Gasteiger partial charge in [-0.25, -0.2) is 0 Å². The van der Waals surface area contributed by atoms with Gasteiger partial charge in [-0.05, 0) is 36.8 Å². The Bertz CT molecular complexity index is 1280. The van der Waals surface area contributed by atoms with Crippen molar-refractivity contribution in [1.82, 2.24) is 0 Å². The highest BCUT2D eigenvalue weighted by molar-refractivity contribution is 8.00. The van der Waals surface area contributed by atoms with E-state index in [4.69, 9.17) is 16.3 Å². The summed E-state index contributed by atoms with van der Waals surface area (Å²) >= 11 is 9.11. The van der Waals surface area contributed by atoms with E-state index in [1.54, 1.807) is 43.0 Å². The molecular weight excluding hydrogens is 566 g/mol.